The van der Waals surface area contributed by atoms with Gasteiger partial charge in [0, 0.05) is 44.0 Å². The molecule has 0 spiro atoms. The van der Waals surface area contributed by atoms with Crippen LogP contribution in [0, 0.1) is 0 Å². The van der Waals surface area contributed by atoms with Crippen molar-refractivity contribution in [3.05, 3.63) is 37.2 Å². The summed E-state index contributed by atoms with van der Waals surface area (Å²) in [5.74, 6) is 0.926. The zero-order chi connectivity index (χ0) is 16.8. The second-order valence-corrected chi connectivity index (χ2v) is 6.21. The number of carbonyl (C=O) groups is 1. The Kier molecular flexibility index (Phi) is 3.06. The summed E-state index contributed by atoms with van der Waals surface area (Å²) in [6, 6.07) is 2.15. The number of amides is 2. The van der Waals surface area contributed by atoms with Crippen molar-refractivity contribution in [1.82, 2.24) is 30.0 Å². The van der Waals surface area contributed by atoms with Crippen molar-refractivity contribution in [2.75, 3.05) is 36.0 Å². The van der Waals surface area contributed by atoms with E-state index in [4.69, 9.17) is 0 Å². The third-order valence-corrected chi connectivity index (χ3v) is 4.71. The van der Waals surface area contributed by atoms with Crippen LogP contribution in [0.3, 0.4) is 0 Å². The predicted octanol–water partition coefficient (Wildman–Crippen LogP) is 0.812. The Bertz CT molecular complexity index is 943. The van der Waals surface area contributed by atoms with Crippen molar-refractivity contribution >= 4 is 28.4 Å². The summed E-state index contributed by atoms with van der Waals surface area (Å²) in [5.41, 5.74) is 1.68. The minimum absolute atomic E-state index is 0.0594. The van der Waals surface area contributed by atoms with Gasteiger partial charge in [0.25, 0.3) is 0 Å². The van der Waals surface area contributed by atoms with E-state index in [1.54, 1.807) is 29.8 Å². The SMILES string of the molecule is O=C1NCCN1c1cnn(C2CN(c3ncnc4cnccc34)C2)c1. The number of hydrogen-bond donors (Lipinski definition) is 1. The average Bonchev–Trinajstić information content (AvgIpc) is 3.23. The fourth-order valence-electron chi connectivity index (χ4n) is 3.33. The van der Waals surface area contributed by atoms with Gasteiger partial charge >= 0.3 is 6.03 Å². The molecule has 2 saturated heterocycles. The Labute approximate surface area is 143 Å². The lowest BCUT2D eigenvalue weighted by atomic mass is 10.1. The van der Waals surface area contributed by atoms with Crippen molar-refractivity contribution < 1.29 is 4.79 Å². The first-order valence-corrected chi connectivity index (χ1v) is 8.19. The largest absolute Gasteiger partial charge is 0.352 e. The first-order valence-electron chi connectivity index (χ1n) is 8.19. The molecule has 9 nitrogen and oxygen atoms in total. The molecule has 0 saturated carbocycles. The van der Waals surface area contributed by atoms with Crippen LogP contribution in [0.25, 0.3) is 10.9 Å². The number of rotatable bonds is 3. The van der Waals surface area contributed by atoms with Crippen molar-refractivity contribution in [3.8, 4) is 0 Å². The van der Waals surface area contributed by atoms with Gasteiger partial charge in [0.15, 0.2) is 0 Å². The zero-order valence-corrected chi connectivity index (χ0v) is 13.4. The minimum Gasteiger partial charge on any atom is -0.352 e. The molecule has 5 rings (SSSR count). The van der Waals surface area contributed by atoms with Gasteiger partial charge in [-0.05, 0) is 6.07 Å². The number of nitrogens with zero attached hydrogens (tertiary/aromatic N) is 7. The molecule has 0 aromatic carbocycles. The number of pyridine rings is 1. The number of fused-ring (bicyclic) bond motifs is 1. The molecule has 0 atom stereocenters. The second-order valence-electron chi connectivity index (χ2n) is 6.21. The van der Waals surface area contributed by atoms with Gasteiger partial charge in [-0.2, -0.15) is 5.10 Å². The molecular weight excluding hydrogens is 320 g/mol. The fraction of sp³-hybridized carbons (Fsp3) is 0.312. The van der Waals surface area contributed by atoms with E-state index in [9.17, 15) is 4.79 Å². The molecule has 0 bridgehead atoms. The molecule has 0 aliphatic carbocycles. The normalized spacial score (nSPS) is 17.8. The summed E-state index contributed by atoms with van der Waals surface area (Å²) >= 11 is 0. The van der Waals surface area contributed by atoms with Crippen molar-refractivity contribution in [2.45, 2.75) is 6.04 Å². The molecule has 2 amide bonds. The van der Waals surface area contributed by atoms with E-state index in [0.717, 1.165) is 35.5 Å². The van der Waals surface area contributed by atoms with E-state index in [0.29, 0.717) is 13.1 Å². The number of anilines is 2. The topological polar surface area (TPSA) is 92.1 Å². The third kappa shape index (κ3) is 2.27. The molecule has 0 radical (unpaired) electrons. The van der Waals surface area contributed by atoms with Crippen molar-refractivity contribution in [1.29, 1.82) is 0 Å². The molecule has 2 aliphatic rings. The molecule has 1 N–H and O–H groups in total. The Morgan fingerprint density at radius 2 is 2.12 bits per heavy atom. The van der Waals surface area contributed by atoms with Crippen LogP contribution < -0.4 is 15.1 Å². The average molecular weight is 336 g/mol. The van der Waals surface area contributed by atoms with Crippen LogP contribution in [-0.4, -0.2) is 56.9 Å². The van der Waals surface area contributed by atoms with Gasteiger partial charge in [-0.25, -0.2) is 14.8 Å². The number of hydrogen-bond acceptors (Lipinski definition) is 6. The fourth-order valence-corrected chi connectivity index (χ4v) is 3.33. The lowest BCUT2D eigenvalue weighted by molar-refractivity contribution is 0.252. The van der Waals surface area contributed by atoms with Crippen LogP contribution in [0.4, 0.5) is 16.3 Å². The van der Waals surface area contributed by atoms with E-state index >= 15 is 0 Å². The quantitative estimate of drug-likeness (QED) is 0.761. The van der Waals surface area contributed by atoms with Gasteiger partial charge in [-0.1, -0.05) is 0 Å². The van der Waals surface area contributed by atoms with Crippen molar-refractivity contribution in [2.24, 2.45) is 0 Å². The maximum Gasteiger partial charge on any atom is 0.322 e. The molecule has 3 aromatic heterocycles. The first kappa shape index (κ1) is 14.1. The maximum atomic E-state index is 11.7. The smallest absolute Gasteiger partial charge is 0.322 e. The van der Waals surface area contributed by atoms with Gasteiger partial charge in [-0.3, -0.25) is 14.6 Å². The van der Waals surface area contributed by atoms with E-state index in [-0.39, 0.29) is 12.1 Å². The summed E-state index contributed by atoms with van der Waals surface area (Å²) in [4.78, 5) is 28.5. The third-order valence-electron chi connectivity index (χ3n) is 4.71. The first-order chi connectivity index (χ1) is 12.3. The van der Waals surface area contributed by atoms with Crippen LogP contribution in [0.1, 0.15) is 6.04 Å². The molecule has 5 heterocycles. The highest BCUT2D eigenvalue weighted by molar-refractivity contribution is 5.93. The maximum absolute atomic E-state index is 11.7. The van der Waals surface area contributed by atoms with Crippen LogP contribution in [-0.2, 0) is 0 Å². The molecule has 126 valence electrons. The van der Waals surface area contributed by atoms with Gasteiger partial charge in [0.1, 0.15) is 12.1 Å². The van der Waals surface area contributed by atoms with E-state index in [1.807, 2.05) is 16.9 Å². The number of carbonyl (C=O) groups excluding carboxylic acids is 1. The number of aromatic nitrogens is 5. The summed E-state index contributed by atoms with van der Waals surface area (Å²) < 4.78 is 1.93. The van der Waals surface area contributed by atoms with E-state index in [2.05, 4.69) is 30.3 Å². The van der Waals surface area contributed by atoms with Gasteiger partial charge in [-0.15, -0.1) is 0 Å². The Balaban J connectivity index is 1.33. The summed E-state index contributed by atoms with van der Waals surface area (Å²) in [6.45, 7) is 3.00. The minimum atomic E-state index is -0.0594. The molecule has 2 fully saturated rings. The summed E-state index contributed by atoms with van der Waals surface area (Å²) in [7, 11) is 0. The second kappa shape index (κ2) is 5.40. The molecule has 0 unspecified atom stereocenters. The lowest BCUT2D eigenvalue weighted by Crippen LogP contribution is -2.48. The monoisotopic (exact) mass is 336 g/mol. The lowest BCUT2D eigenvalue weighted by Gasteiger charge is -2.40. The van der Waals surface area contributed by atoms with Crippen LogP contribution >= 0.6 is 0 Å². The van der Waals surface area contributed by atoms with Crippen LogP contribution in [0.15, 0.2) is 37.2 Å². The van der Waals surface area contributed by atoms with Crippen LogP contribution in [0.5, 0.6) is 0 Å². The Morgan fingerprint density at radius 3 is 2.96 bits per heavy atom. The van der Waals surface area contributed by atoms with E-state index in [1.165, 1.54) is 0 Å². The molecule has 2 aliphatic heterocycles. The number of nitrogens with one attached hydrogen (secondary N) is 1. The van der Waals surface area contributed by atoms with E-state index < -0.39 is 0 Å². The van der Waals surface area contributed by atoms with Gasteiger partial charge in [0.05, 0.1) is 29.6 Å². The zero-order valence-electron chi connectivity index (χ0n) is 13.4. The van der Waals surface area contributed by atoms with Crippen molar-refractivity contribution in [3.63, 3.8) is 0 Å². The molecule has 25 heavy (non-hydrogen) atoms. The number of urea groups is 1. The highest BCUT2D eigenvalue weighted by Crippen LogP contribution is 2.31. The Morgan fingerprint density at radius 1 is 1.20 bits per heavy atom. The van der Waals surface area contributed by atoms with Gasteiger partial charge in [0.2, 0.25) is 0 Å². The molecule has 9 heteroatoms. The highest BCUT2D eigenvalue weighted by atomic mass is 16.2. The highest BCUT2D eigenvalue weighted by Gasteiger charge is 2.32. The predicted molar refractivity (Wildman–Crippen MR) is 91.6 cm³/mol. The van der Waals surface area contributed by atoms with Crippen LogP contribution in [0.2, 0.25) is 0 Å². The summed E-state index contributed by atoms with van der Waals surface area (Å²) in [6.07, 6.45) is 8.77. The standard InChI is InChI=1S/C16H16N8O/c25-16-18-3-4-23(16)11-5-21-24(9-11)12-7-22(8-12)15-13-1-2-17-6-14(13)19-10-20-15/h1-2,5-6,9-10,12H,3-4,7-8H2,(H,18,25). The summed E-state index contributed by atoms with van der Waals surface area (Å²) in [5, 5.41) is 8.24. The van der Waals surface area contributed by atoms with Gasteiger partial charge < -0.3 is 10.2 Å². The molecular formula is C16H16N8O. The Hall–Kier alpha value is -3.23. The molecule has 3 aromatic rings.